The van der Waals surface area contributed by atoms with E-state index in [1.54, 1.807) is 27.9 Å². The van der Waals surface area contributed by atoms with Gasteiger partial charge in [0.05, 0.1) is 47.8 Å². The molecule has 1 aliphatic heterocycles. The van der Waals surface area contributed by atoms with Gasteiger partial charge >= 0.3 is 12.1 Å². The molecule has 4 aromatic rings. The molecule has 1 aliphatic rings. The molecular formula is C35H48N8O5. The Morgan fingerprint density at radius 3 is 2.52 bits per heavy atom. The number of esters is 1. The fourth-order valence-corrected chi connectivity index (χ4v) is 5.97. The molecule has 0 bridgehead atoms. The van der Waals surface area contributed by atoms with Crippen molar-refractivity contribution in [2.24, 2.45) is 13.0 Å². The zero-order valence-corrected chi connectivity index (χ0v) is 29.2. The number of methoxy groups -OCH3 is 1. The maximum absolute atomic E-state index is 12.5. The average molecular weight is 661 g/mol. The lowest BCUT2D eigenvalue weighted by atomic mass is 10.1. The van der Waals surface area contributed by atoms with Crippen LogP contribution < -0.4 is 10.5 Å². The second-order valence-electron chi connectivity index (χ2n) is 13.6. The molecule has 0 aliphatic carbocycles. The third-order valence-electron chi connectivity index (χ3n) is 8.38. The summed E-state index contributed by atoms with van der Waals surface area (Å²) >= 11 is 0. The topological polar surface area (TPSA) is 143 Å². The summed E-state index contributed by atoms with van der Waals surface area (Å²) in [5.74, 6) is 1.01. The number of rotatable bonds is 11. The van der Waals surface area contributed by atoms with Crippen LogP contribution >= 0.6 is 0 Å². The van der Waals surface area contributed by atoms with Crippen LogP contribution in [0.4, 0.5) is 10.7 Å². The smallest absolute Gasteiger partial charge is 0.410 e. The summed E-state index contributed by atoms with van der Waals surface area (Å²) in [7, 11) is 3.18. The number of carbonyl (C=O) groups excluding carboxylic acids is 2. The minimum Gasteiger partial charge on any atom is -0.477 e. The number of piperazine rings is 1. The quantitative estimate of drug-likeness (QED) is 0.171. The van der Waals surface area contributed by atoms with Crippen molar-refractivity contribution in [2.75, 3.05) is 45.6 Å². The van der Waals surface area contributed by atoms with E-state index in [4.69, 9.17) is 19.9 Å². The maximum atomic E-state index is 12.5. The Balaban J connectivity index is 1.15. The van der Waals surface area contributed by atoms with E-state index in [-0.39, 0.29) is 6.09 Å². The molecule has 5 rings (SSSR count). The molecule has 1 amide bonds. The van der Waals surface area contributed by atoms with Crippen molar-refractivity contribution in [1.82, 2.24) is 34.1 Å². The first-order valence-electron chi connectivity index (χ1n) is 16.5. The number of carbonyl (C=O) groups is 2. The zero-order chi connectivity index (χ0) is 34.6. The first-order chi connectivity index (χ1) is 22.8. The van der Waals surface area contributed by atoms with Crippen molar-refractivity contribution in [1.29, 1.82) is 0 Å². The minimum absolute atomic E-state index is 0.250. The largest absolute Gasteiger partial charge is 0.477 e. The summed E-state index contributed by atoms with van der Waals surface area (Å²) in [5.41, 5.74) is 11.5. The summed E-state index contributed by atoms with van der Waals surface area (Å²) in [6, 6.07) is 9.72. The van der Waals surface area contributed by atoms with Crippen LogP contribution in [0.25, 0.3) is 22.3 Å². The SMILES string of the molecule is COC(=O)c1cc(C)nc(-c2cnn(C)c2OCCCC(C)Cn2c(N)nc3ccc(CN4CCN(C(=O)OC(C)(C)C)CC4)cc32)c1. The predicted molar refractivity (Wildman–Crippen MR) is 184 cm³/mol. The number of aryl methyl sites for hydroxylation is 2. The number of fused-ring (bicyclic) bond motifs is 1. The van der Waals surface area contributed by atoms with Crippen LogP contribution in [0.5, 0.6) is 5.88 Å². The fraction of sp³-hybridized carbons (Fsp3) is 0.514. The molecule has 1 saturated heterocycles. The Kier molecular flexibility index (Phi) is 10.6. The van der Waals surface area contributed by atoms with Crippen LogP contribution in [-0.2, 0) is 29.6 Å². The molecule has 0 radical (unpaired) electrons. The summed E-state index contributed by atoms with van der Waals surface area (Å²) in [4.78, 5) is 38.0. The van der Waals surface area contributed by atoms with E-state index in [1.165, 1.54) is 12.7 Å². The van der Waals surface area contributed by atoms with E-state index >= 15 is 0 Å². The van der Waals surface area contributed by atoms with E-state index < -0.39 is 11.6 Å². The standard InChI is InChI=1S/C35H48N8O5/c1-23(9-8-16-47-31-27(20-37-40(31)6)29-19-26(32(44)46-7)17-24(2)38-29)21-43-30-18-25(10-11-28(30)39-33(43)36)22-41-12-14-42(15-13-41)34(45)48-35(3,4)5/h10-11,17-20,23H,8-9,12-16,21-22H2,1-7H3,(H2,36,39). The van der Waals surface area contributed by atoms with Crippen molar-refractivity contribution in [3.05, 3.63) is 53.3 Å². The number of nitrogen functional groups attached to an aromatic ring is 1. The zero-order valence-electron chi connectivity index (χ0n) is 29.2. The van der Waals surface area contributed by atoms with Gasteiger partial charge in [0.1, 0.15) is 5.60 Å². The van der Waals surface area contributed by atoms with Crippen LogP contribution in [0.2, 0.25) is 0 Å². The Morgan fingerprint density at radius 2 is 1.81 bits per heavy atom. The number of anilines is 1. The van der Waals surface area contributed by atoms with Gasteiger partial charge in [0, 0.05) is 52.0 Å². The molecule has 1 aromatic carbocycles. The van der Waals surface area contributed by atoms with Crippen molar-refractivity contribution < 1.29 is 23.8 Å². The molecule has 48 heavy (non-hydrogen) atoms. The number of imidazole rings is 1. The van der Waals surface area contributed by atoms with E-state index in [2.05, 4.69) is 43.6 Å². The van der Waals surface area contributed by atoms with Crippen molar-refractivity contribution in [3.8, 4) is 17.1 Å². The van der Waals surface area contributed by atoms with Gasteiger partial charge in [-0.25, -0.2) is 19.3 Å². The number of ether oxygens (including phenoxy) is 3. The number of nitrogens with zero attached hydrogens (tertiary/aromatic N) is 7. The number of amides is 1. The maximum Gasteiger partial charge on any atom is 0.410 e. The number of pyridine rings is 1. The summed E-state index contributed by atoms with van der Waals surface area (Å²) in [6.45, 7) is 14.6. The van der Waals surface area contributed by atoms with Crippen LogP contribution in [0.15, 0.2) is 36.5 Å². The van der Waals surface area contributed by atoms with Gasteiger partial charge in [-0.15, -0.1) is 0 Å². The highest BCUT2D eigenvalue weighted by Gasteiger charge is 2.26. The van der Waals surface area contributed by atoms with Crippen molar-refractivity contribution >= 4 is 29.0 Å². The van der Waals surface area contributed by atoms with E-state index in [9.17, 15) is 9.59 Å². The van der Waals surface area contributed by atoms with Crippen LogP contribution in [-0.4, -0.2) is 91.7 Å². The summed E-state index contributed by atoms with van der Waals surface area (Å²) in [5, 5.41) is 4.37. The van der Waals surface area contributed by atoms with Gasteiger partial charge in [-0.05, 0) is 76.3 Å². The normalized spacial score (nSPS) is 14.7. The van der Waals surface area contributed by atoms with Gasteiger partial charge in [-0.1, -0.05) is 13.0 Å². The second kappa shape index (κ2) is 14.6. The molecule has 1 fully saturated rings. The van der Waals surface area contributed by atoms with Gasteiger partial charge in [0.25, 0.3) is 0 Å². The highest BCUT2D eigenvalue weighted by Crippen LogP contribution is 2.30. The molecule has 13 heteroatoms. The number of hydrogen-bond donors (Lipinski definition) is 1. The van der Waals surface area contributed by atoms with Crippen molar-refractivity contribution in [3.63, 3.8) is 0 Å². The number of nitrogens with two attached hydrogens (primary N) is 1. The first-order valence-corrected chi connectivity index (χ1v) is 16.5. The first kappa shape index (κ1) is 34.7. The lowest BCUT2D eigenvalue weighted by Gasteiger charge is -2.35. The van der Waals surface area contributed by atoms with Gasteiger partial charge in [-0.3, -0.25) is 9.88 Å². The Labute approximate surface area is 282 Å². The Morgan fingerprint density at radius 1 is 1.06 bits per heavy atom. The fourth-order valence-electron chi connectivity index (χ4n) is 5.97. The van der Waals surface area contributed by atoms with E-state index in [0.717, 1.165) is 55.6 Å². The molecule has 0 saturated carbocycles. The van der Waals surface area contributed by atoms with E-state index in [0.29, 0.717) is 54.4 Å². The lowest BCUT2D eigenvalue weighted by molar-refractivity contribution is 0.0139. The molecule has 13 nitrogen and oxygen atoms in total. The molecular weight excluding hydrogens is 612 g/mol. The van der Waals surface area contributed by atoms with E-state index in [1.807, 2.05) is 40.8 Å². The molecule has 4 heterocycles. The molecule has 258 valence electrons. The highest BCUT2D eigenvalue weighted by molar-refractivity contribution is 5.91. The number of benzene rings is 1. The van der Waals surface area contributed by atoms with Gasteiger partial charge in [0.15, 0.2) is 0 Å². The third kappa shape index (κ3) is 8.43. The summed E-state index contributed by atoms with van der Waals surface area (Å²) in [6.07, 6.45) is 3.20. The number of aromatic nitrogens is 5. The monoisotopic (exact) mass is 660 g/mol. The van der Waals surface area contributed by atoms with Gasteiger partial charge in [0.2, 0.25) is 11.8 Å². The Hall–Kier alpha value is -4.65. The Bertz CT molecular complexity index is 1750. The van der Waals surface area contributed by atoms with Crippen LogP contribution in [0.1, 0.15) is 62.2 Å². The molecule has 1 unspecified atom stereocenters. The van der Waals surface area contributed by atoms with Crippen molar-refractivity contribution in [2.45, 2.75) is 66.2 Å². The average Bonchev–Trinajstić information content (AvgIpc) is 3.55. The highest BCUT2D eigenvalue weighted by atomic mass is 16.6. The minimum atomic E-state index is -0.497. The molecule has 0 spiro atoms. The lowest BCUT2D eigenvalue weighted by Crippen LogP contribution is -2.49. The summed E-state index contributed by atoms with van der Waals surface area (Å²) < 4.78 is 20.4. The molecule has 1 atom stereocenters. The van der Waals surface area contributed by atoms with Crippen LogP contribution in [0, 0.1) is 12.8 Å². The van der Waals surface area contributed by atoms with Gasteiger partial charge in [-0.2, -0.15) is 5.10 Å². The second-order valence-corrected chi connectivity index (χ2v) is 13.6. The number of hydrogen-bond acceptors (Lipinski definition) is 10. The molecule has 3 aromatic heterocycles. The predicted octanol–water partition coefficient (Wildman–Crippen LogP) is 5.06. The van der Waals surface area contributed by atoms with Gasteiger partial charge < -0.3 is 29.4 Å². The molecule has 2 N–H and O–H groups in total. The third-order valence-corrected chi connectivity index (χ3v) is 8.38. The van der Waals surface area contributed by atoms with Crippen LogP contribution in [0.3, 0.4) is 0 Å².